The first-order valence-corrected chi connectivity index (χ1v) is 9.78. The van der Waals surface area contributed by atoms with E-state index in [1.807, 2.05) is 6.07 Å². The van der Waals surface area contributed by atoms with Gasteiger partial charge in [0.15, 0.2) is 11.5 Å². The molecule has 0 amide bonds. The summed E-state index contributed by atoms with van der Waals surface area (Å²) >= 11 is 0. The first-order valence-electron chi connectivity index (χ1n) is 9.78. The number of rotatable bonds is 7. The Morgan fingerprint density at radius 3 is 2.44 bits per heavy atom. The van der Waals surface area contributed by atoms with Crippen LogP contribution in [0.3, 0.4) is 0 Å². The van der Waals surface area contributed by atoms with Crippen molar-refractivity contribution in [2.45, 2.75) is 39.3 Å². The molecule has 5 heteroatoms. The molecule has 0 N–H and O–H groups in total. The number of benzene rings is 1. The number of methoxy groups -OCH3 is 3. The van der Waals surface area contributed by atoms with Gasteiger partial charge in [-0.1, -0.05) is 13.8 Å². The van der Waals surface area contributed by atoms with Crippen LogP contribution in [0.1, 0.15) is 44.0 Å². The fourth-order valence-corrected chi connectivity index (χ4v) is 4.00. The van der Waals surface area contributed by atoms with Crippen LogP contribution in [0.5, 0.6) is 17.2 Å². The molecule has 5 nitrogen and oxygen atoms in total. The van der Waals surface area contributed by atoms with Gasteiger partial charge in [-0.05, 0) is 49.6 Å². The van der Waals surface area contributed by atoms with Crippen molar-refractivity contribution in [2.75, 3.05) is 34.4 Å². The molecule has 0 bridgehead atoms. The lowest BCUT2D eigenvalue weighted by atomic mass is 9.98. The Labute approximate surface area is 162 Å². The smallest absolute Gasteiger partial charge is 0.203 e. The van der Waals surface area contributed by atoms with Crippen molar-refractivity contribution in [1.29, 1.82) is 0 Å². The van der Waals surface area contributed by atoms with E-state index in [9.17, 15) is 0 Å². The Balaban J connectivity index is 2.12. The van der Waals surface area contributed by atoms with Crippen LogP contribution in [-0.2, 0) is 6.54 Å². The topological polar surface area (TPSA) is 35.9 Å². The highest BCUT2D eigenvalue weighted by Gasteiger charge is 2.31. The quantitative estimate of drug-likeness (QED) is 0.724. The molecule has 0 fully saturated rings. The van der Waals surface area contributed by atoms with Crippen molar-refractivity contribution < 1.29 is 14.2 Å². The van der Waals surface area contributed by atoms with Crippen LogP contribution in [0.4, 0.5) is 0 Å². The maximum absolute atomic E-state index is 5.83. The molecule has 2 aromatic rings. The van der Waals surface area contributed by atoms with Gasteiger partial charge >= 0.3 is 0 Å². The van der Waals surface area contributed by atoms with E-state index in [4.69, 9.17) is 14.2 Å². The minimum absolute atomic E-state index is 0.135. The fraction of sp³-hybridized carbons (Fsp3) is 0.545. The molecule has 0 spiro atoms. The molecule has 1 aromatic carbocycles. The van der Waals surface area contributed by atoms with E-state index in [0.717, 1.165) is 37.4 Å². The van der Waals surface area contributed by atoms with E-state index >= 15 is 0 Å². The molecule has 0 radical (unpaired) electrons. The Hall–Kier alpha value is -2.14. The van der Waals surface area contributed by atoms with Crippen LogP contribution in [0.2, 0.25) is 0 Å². The Kier molecular flexibility index (Phi) is 6.32. The maximum atomic E-state index is 5.83. The largest absolute Gasteiger partial charge is 0.493 e. The first kappa shape index (κ1) is 19.6. The molecular weight excluding hydrogens is 340 g/mol. The highest BCUT2D eigenvalue weighted by atomic mass is 16.5. The standard InChI is InChI=1S/C22H32N2O3/c1-16(2)11-15-24-14-7-13-23-12-6-8-18(23)20(24)17-9-10-19(25-3)22(27-5)21(17)26-4/h6,8-10,12,16,20H,7,11,13-15H2,1-5H3. The Morgan fingerprint density at radius 2 is 1.78 bits per heavy atom. The summed E-state index contributed by atoms with van der Waals surface area (Å²) in [6.07, 6.45) is 4.50. The second-order valence-corrected chi connectivity index (χ2v) is 7.52. The number of nitrogens with zero attached hydrogens (tertiary/aromatic N) is 2. The normalized spacial score (nSPS) is 17.5. The minimum atomic E-state index is 0.135. The number of hydrogen-bond acceptors (Lipinski definition) is 4. The van der Waals surface area contributed by atoms with Gasteiger partial charge in [-0.15, -0.1) is 0 Å². The summed E-state index contributed by atoms with van der Waals surface area (Å²) in [4.78, 5) is 2.59. The molecular formula is C22H32N2O3. The third kappa shape index (κ3) is 3.93. The SMILES string of the molecule is COc1ccc(C2c3cccn3CCCN2CCC(C)C)c(OC)c1OC. The summed E-state index contributed by atoms with van der Waals surface area (Å²) in [6.45, 7) is 7.74. The third-order valence-corrected chi connectivity index (χ3v) is 5.38. The van der Waals surface area contributed by atoms with Crippen molar-refractivity contribution in [3.8, 4) is 17.2 Å². The summed E-state index contributed by atoms with van der Waals surface area (Å²) in [5.74, 6) is 2.78. The predicted octanol–water partition coefficient (Wildman–Crippen LogP) is 4.36. The van der Waals surface area contributed by atoms with E-state index in [0.29, 0.717) is 17.4 Å². The lowest BCUT2D eigenvalue weighted by Crippen LogP contribution is -2.31. The van der Waals surface area contributed by atoms with Crippen LogP contribution in [-0.4, -0.2) is 43.9 Å². The lowest BCUT2D eigenvalue weighted by molar-refractivity contribution is 0.211. The minimum Gasteiger partial charge on any atom is -0.493 e. The Morgan fingerprint density at radius 1 is 1.00 bits per heavy atom. The van der Waals surface area contributed by atoms with Crippen LogP contribution < -0.4 is 14.2 Å². The maximum Gasteiger partial charge on any atom is 0.203 e. The van der Waals surface area contributed by atoms with E-state index in [2.05, 4.69) is 47.7 Å². The number of aromatic nitrogens is 1. The van der Waals surface area contributed by atoms with Gasteiger partial charge in [0.25, 0.3) is 0 Å². The second kappa shape index (κ2) is 8.70. The highest BCUT2D eigenvalue weighted by molar-refractivity contribution is 5.58. The molecule has 0 aliphatic carbocycles. The molecule has 1 aliphatic rings. The zero-order valence-corrected chi connectivity index (χ0v) is 17.2. The molecule has 0 saturated carbocycles. The van der Waals surface area contributed by atoms with Gasteiger partial charge in [-0.3, -0.25) is 4.90 Å². The molecule has 1 atom stereocenters. The number of fused-ring (bicyclic) bond motifs is 1. The summed E-state index contributed by atoms with van der Waals surface area (Å²) in [5, 5.41) is 0. The van der Waals surface area contributed by atoms with Crippen molar-refractivity contribution in [3.63, 3.8) is 0 Å². The van der Waals surface area contributed by atoms with E-state index in [1.165, 1.54) is 12.1 Å². The van der Waals surface area contributed by atoms with Crippen molar-refractivity contribution in [1.82, 2.24) is 9.47 Å². The monoisotopic (exact) mass is 372 g/mol. The van der Waals surface area contributed by atoms with Gasteiger partial charge in [0.2, 0.25) is 5.75 Å². The van der Waals surface area contributed by atoms with Crippen molar-refractivity contribution in [2.24, 2.45) is 5.92 Å². The number of aryl methyl sites for hydroxylation is 1. The summed E-state index contributed by atoms with van der Waals surface area (Å²) in [6, 6.07) is 8.61. The summed E-state index contributed by atoms with van der Waals surface area (Å²) < 4.78 is 19.3. The van der Waals surface area contributed by atoms with E-state index < -0.39 is 0 Å². The molecule has 1 unspecified atom stereocenters. The summed E-state index contributed by atoms with van der Waals surface area (Å²) in [5.41, 5.74) is 2.43. The molecule has 27 heavy (non-hydrogen) atoms. The first-order chi connectivity index (χ1) is 13.1. The molecule has 1 aromatic heterocycles. The zero-order chi connectivity index (χ0) is 19.4. The fourth-order valence-electron chi connectivity index (χ4n) is 4.00. The number of hydrogen-bond donors (Lipinski definition) is 0. The summed E-state index contributed by atoms with van der Waals surface area (Å²) in [7, 11) is 5.02. The zero-order valence-electron chi connectivity index (χ0n) is 17.2. The van der Waals surface area contributed by atoms with Crippen LogP contribution in [0.15, 0.2) is 30.5 Å². The van der Waals surface area contributed by atoms with Gasteiger partial charge in [0.1, 0.15) is 0 Å². The molecule has 3 rings (SSSR count). The van der Waals surface area contributed by atoms with Gasteiger partial charge in [0.05, 0.1) is 27.4 Å². The Bertz CT molecular complexity index is 754. The van der Waals surface area contributed by atoms with E-state index in [-0.39, 0.29) is 6.04 Å². The lowest BCUT2D eigenvalue weighted by Gasteiger charge is -2.32. The third-order valence-electron chi connectivity index (χ3n) is 5.38. The predicted molar refractivity (Wildman–Crippen MR) is 108 cm³/mol. The van der Waals surface area contributed by atoms with Crippen molar-refractivity contribution >= 4 is 0 Å². The molecule has 148 valence electrons. The van der Waals surface area contributed by atoms with Crippen molar-refractivity contribution in [3.05, 3.63) is 41.7 Å². The average molecular weight is 373 g/mol. The van der Waals surface area contributed by atoms with E-state index in [1.54, 1.807) is 21.3 Å². The molecule has 2 heterocycles. The average Bonchev–Trinajstić information content (AvgIpc) is 3.06. The number of ether oxygens (including phenoxy) is 3. The van der Waals surface area contributed by atoms with Gasteiger partial charge in [-0.2, -0.15) is 0 Å². The van der Waals surface area contributed by atoms with Gasteiger partial charge < -0.3 is 18.8 Å². The van der Waals surface area contributed by atoms with Gasteiger partial charge in [-0.25, -0.2) is 0 Å². The molecule has 0 saturated heterocycles. The second-order valence-electron chi connectivity index (χ2n) is 7.52. The van der Waals surface area contributed by atoms with Gasteiger partial charge in [0, 0.05) is 30.5 Å². The van der Waals surface area contributed by atoms with Crippen LogP contribution >= 0.6 is 0 Å². The van der Waals surface area contributed by atoms with Crippen LogP contribution in [0.25, 0.3) is 0 Å². The van der Waals surface area contributed by atoms with Crippen LogP contribution in [0, 0.1) is 5.92 Å². The highest BCUT2D eigenvalue weighted by Crippen LogP contribution is 2.45. The molecule has 1 aliphatic heterocycles.